The first-order valence-corrected chi connectivity index (χ1v) is 7.17. The SMILES string of the molecule is Cc1ccc(C(C)C)cc1OCC1(O)CCNCC1. The topological polar surface area (TPSA) is 41.5 Å². The van der Waals surface area contributed by atoms with Crippen molar-refractivity contribution in [2.75, 3.05) is 19.7 Å². The van der Waals surface area contributed by atoms with Crippen molar-refractivity contribution in [2.24, 2.45) is 0 Å². The molecular formula is C16H25NO2. The maximum atomic E-state index is 10.4. The highest BCUT2D eigenvalue weighted by atomic mass is 16.5. The molecule has 3 nitrogen and oxygen atoms in total. The number of hydrogen-bond donors (Lipinski definition) is 2. The number of piperidine rings is 1. The molecule has 0 aliphatic carbocycles. The molecular weight excluding hydrogens is 238 g/mol. The van der Waals surface area contributed by atoms with Crippen molar-refractivity contribution in [1.82, 2.24) is 5.32 Å². The lowest BCUT2D eigenvalue weighted by Gasteiger charge is -2.32. The van der Waals surface area contributed by atoms with Gasteiger partial charge in [0, 0.05) is 0 Å². The Kier molecular flexibility index (Phi) is 4.48. The van der Waals surface area contributed by atoms with Crippen molar-refractivity contribution < 1.29 is 9.84 Å². The smallest absolute Gasteiger partial charge is 0.122 e. The summed E-state index contributed by atoms with van der Waals surface area (Å²) in [5, 5.41) is 13.7. The molecule has 0 bridgehead atoms. The van der Waals surface area contributed by atoms with Crippen LogP contribution in [-0.4, -0.2) is 30.4 Å². The summed E-state index contributed by atoms with van der Waals surface area (Å²) < 4.78 is 5.89. The highest BCUT2D eigenvalue weighted by Gasteiger charge is 2.30. The van der Waals surface area contributed by atoms with E-state index in [2.05, 4.69) is 37.4 Å². The number of aliphatic hydroxyl groups is 1. The minimum Gasteiger partial charge on any atom is -0.490 e. The van der Waals surface area contributed by atoms with Crippen LogP contribution in [-0.2, 0) is 0 Å². The first-order valence-electron chi connectivity index (χ1n) is 7.17. The molecule has 0 unspecified atom stereocenters. The van der Waals surface area contributed by atoms with Crippen molar-refractivity contribution in [3.05, 3.63) is 29.3 Å². The van der Waals surface area contributed by atoms with E-state index in [1.165, 1.54) is 5.56 Å². The van der Waals surface area contributed by atoms with Gasteiger partial charge in [0.2, 0.25) is 0 Å². The van der Waals surface area contributed by atoms with E-state index in [0.717, 1.165) is 37.2 Å². The summed E-state index contributed by atoms with van der Waals surface area (Å²) in [4.78, 5) is 0. The van der Waals surface area contributed by atoms with Gasteiger partial charge in [-0.25, -0.2) is 0 Å². The lowest BCUT2D eigenvalue weighted by atomic mass is 9.93. The van der Waals surface area contributed by atoms with Crippen LogP contribution < -0.4 is 10.1 Å². The van der Waals surface area contributed by atoms with Crippen LogP contribution in [0.5, 0.6) is 5.75 Å². The predicted octanol–water partition coefficient (Wildman–Crippen LogP) is 2.61. The van der Waals surface area contributed by atoms with Crippen LogP contribution in [0.1, 0.15) is 43.7 Å². The minimum absolute atomic E-state index is 0.386. The molecule has 1 aromatic rings. The summed E-state index contributed by atoms with van der Waals surface area (Å²) in [5.41, 5.74) is 1.73. The first-order chi connectivity index (χ1) is 9.00. The Bertz CT molecular complexity index is 423. The summed E-state index contributed by atoms with van der Waals surface area (Å²) in [5.74, 6) is 1.39. The van der Waals surface area contributed by atoms with Crippen molar-refractivity contribution >= 4 is 0 Å². The maximum absolute atomic E-state index is 10.4. The van der Waals surface area contributed by atoms with Crippen molar-refractivity contribution in [2.45, 2.75) is 45.1 Å². The monoisotopic (exact) mass is 263 g/mol. The molecule has 1 saturated heterocycles. The largest absolute Gasteiger partial charge is 0.490 e. The lowest BCUT2D eigenvalue weighted by Crippen LogP contribution is -2.46. The van der Waals surface area contributed by atoms with E-state index in [9.17, 15) is 5.11 Å². The van der Waals surface area contributed by atoms with Gasteiger partial charge >= 0.3 is 0 Å². The van der Waals surface area contributed by atoms with Crippen molar-refractivity contribution in [1.29, 1.82) is 0 Å². The standard InChI is InChI=1S/C16H25NO2/c1-12(2)14-5-4-13(3)15(10-14)19-11-16(18)6-8-17-9-7-16/h4-5,10,12,17-18H,6-9,11H2,1-3H3. The van der Waals surface area contributed by atoms with Crippen LogP contribution in [0.3, 0.4) is 0 Å². The van der Waals surface area contributed by atoms with E-state index in [1.54, 1.807) is 0 Å². The third-order valence-corrected chi connectivity index (χ3v) is 3.91. The number of aryl methyl sites for hydroxylation is 1. The molecule has 0 atom stereocenters. The number of nitrogens with one attached hydrogen (secondary N) is 1. The molecule has 1 aliphatic heterocycles. The van der Waals surface area contributed by atoms with Crippen LogP contribution in [0.15, 0.2) is 18.2 Å². The molecule has 0 radical (unpaired) electrons. The normalized spacial score (nSPS) is 18.6. The van der Waals surface area contributed by atoms with Crippen LogP contribution >= 0.6 is 0 Å². The second kappa shape index (κ2) is 5.93. The second-order valence-electron chi connectivity index (χ2n) is 5.94. The van der Waals surface area contributed by atoms with Gasteiger partial charge in [-0.1, -0.05) is 26.0 Å². The lowest BCUT2D eigenvalue weighted by molar-refractivity contribution is -0.0287. The fraction of sp³-hybridized carbons (Fsp3) is 0.625. The maximum Gasteiger partial charge on any atom is 0.122 e. The molecule has 2 N–H and O–H groups in total. The van der Waals surface area contributed by atoms with Crippen LogP contribution in [0, 0.1) is 6.92 Å². The average Bonchev–Trinajstić information content (AvgIpc) is 2.38. The quantitative estimate of drug-likeness (QED) is 0.877. The number of rotatable bonds is 4. The Morgan fingerprint density at radius 3 is 2.63 bits per heavy atom. The van der Waals surface area contributed by atoms with E-state index < -0.39 is 5.60 Å². The number of benzene rings is 1. The molecule has 1 aliphatic rings. The van der Waals surface area contributed by atoms with E-state index >= 15 is 0 Å². The highest BCUT2D eigenvalue weighted by Crippen LogP contribution is 2.26. The predicted molar refractivity (Wildman–Crippen MR) is 77.8 cm³/mol. The van der Waals surface area contributed by atoms with E-state index in [-0.39, 0.29) is 0 Å². The fourth-order valence-corrected chi connectivity index (χ4v) is 2.38. The van der Waals surface area contributed by atoms with Gasteiger partial charge < -0.3 is 15.2 Å². The summed E-state index contributed by atoms with van der Waals surface area (Å²) in [6.45, 7) is 8.52. The van der Waals surface area contributed by atoms with Gasteiger partial charge in [-0.2, -0.15) is 0 Å². The van der Waals surface area contributed by atoms with Crippen molar-refractivity contribution in [3.8, 4) is 5.75 Å². The molecule has 19 heavy (non-hydrogen) atoms. The molecule has 1 aromatic carbocycles. The third-order valence-electron chi connectivity index (χ3n) is 3.91. The Morgan fingerprint density at radius 2 is 2.00 bits per heavy atom. The zero-order valence-corrected chi connectivity index (χ0v) is 12.2. The summed E-state index contributed by atoms with van der Waals surface area (Å²) in [6.07, 6.45) is 1.52. The summed E-state index contributed by atoms with van der Waals surface area (Å²) >= 11 is 0. The first kappa shape index (κ1) is 14.4. The molecule has 1 heterocycles. The van der Waals surface area contributed by atoms with Gasteiger partial charge in [-0.15, -0.1) is 0 Å². The van der Waals surface area contributed by atoms with Gasteiger partial charge in [0.1, 0.15) is 18.0 Å². The molecule has 2 rings (SSSR count). The Labute approximate surface area is 116 Å². The number of ether oxygens (including phenoxy) is 1. The van der Waals surface area contributed by atoms with Gasteiger partial charge in [-0.05, 0) is 56.0 Å². The van der Waals surface area contributed by atoms with Gasteiger partial charge in [0.25, 0.3) is 0 Å². The fourth-order valence-electron chi connectivity index (χ4n) is 2.38. The van der Waals surface area contributed by atoms with E-state index in [4.69, 9.17) is 4.74 Å². The van der Waals surface area contributed by atoms with Gasteiger partial charge in [0.05, 0.1) is 0 Å². The van der Waals surface area contributed by atoms with Gasteiger partial charge in [0.15, 0.2) is 0 Å². The van der Waals surface area contributed by atoms with E-state index in [1.807, 2.05) is 6.92 Å². The highest BCUT2D eigenvalue weighted by molar-refractivity contribution is 5.37. The molecule has 0 amide bonds. The number of hydrogen-bond acceptors (Lipinski definition) is 3. The zero-order chi connectivity index (χ0) is 13.9. The molecule has 0 aromatic heterocycles. The second-order valence-corrected chi connectivity index (χ2v) is 5.94. The van der Waals surface area contributed by atoms with Gasteiger partial charge in [-0.3, -0.25) is 0 Å². The average molecular weight is 263 g/mol. The van der Waals surface area contributed by atoms with Crippen LogP contribution in [0.2, 0.25) is 0 Å². The summed E-state index contributed by atoms with van der Waals surface area (Å²) in [7, 11) is 0. The van der Waals surface area contributed by atoms with Crippen molar-refractivity contribution in [3.63, 3.8) is 0 Å². The Balaban J connectivity index is 2.04. The zero-order valence-electron chi connectivity index (χ0n) is 12.2. The molecule has 0 spiro atoms. The summed E-state index contributed by atoms with van der Waals surface area (Å²) in [6, 6.07) is 6.34. The Morgan fingerprint density at radius 1 is 1.32 bits per heavy atom. The molecule has 3 heteroatoms. The van der Waals surface area contributed by atoms with Crippen LogP contribution in [0.25, 0.3) is 0 Å². The molecule has 106 valence electrons. The Hall–Kier alpha value is -1.06. The third kappa shape index (κ3) is 3.71. The molecule has 1 fully saturated rings. The molecule has 0 saturated carbocycles. The van der Waals surface area contributed by atoms with E-state index in [0.29, 0.717) is 12.5 Å². The van der Waals surface area contributed by atoms with Crippen LogP contribution in [0.4, 0.5) is 0 Å². The minimum atomic E-state index is -0.675.